The lowest BCUT2D eigenvalue weighted by Crippen LogP contribution is -2.36. The van der Waals surface area contributed by atoms with E-state index in [1.54, 1.807) is 19.2 Å². The number of alkyl halides is 3. The predicted molar refractivity (Wildman–Crippen MR) is 95.6 cm³/mol. The number of hydrogen-bond acceptors (Lipinski definition) is 2. The van der Waals surface area contributed by atoms with Gasteiger partial charge in [-0.1, -0.05) is 18.2 Å². The lowest BCUT2D eigenvalue weighted by molar-refractivity contribution is -0.137. The van der Waals surface area contributed by atoms with Gasteiger partial charge in [0, 0.05) is 32.8 Å². The number of nitrogens with zero attached hydrogens (tertiary/aromatic N) is 1. The van der Waals surface area contributed by atoms with E-state index in [-0.39, 0.29) is 12.4 Å². The van der Waals surface area contributed by atoms with E-state index < -0.39 is 11.7 Å². The predicted octanol–water partition coefficient (Wildman–Crippen LogP) is 3.86. The Bertz CT molecular complexity index is 774. The van der Waals surface area contributed by atoms with Crippen LogP contribution in [-0.4, -0.2) is 20.1 Å². The first-order chi connectivity index (χ1) is 12.8. The molecule has 0 atom stereocenters. The Hall–Kier alpha value is -2.61. The molecule has 0 bridgehead atoms. The normalized spacial score (nSPS) is 12.1. The number of benzene rings is 2. The van der Waals surface area contributed by atoms with Gasteiger partial charge in [0.05, 0.1) is 12.2 Å². The molecule has 0 unspecified atom stereocenters. The minimum atomic E-state index is -4.35. The summed E-state index contributed by atoms with van der Waals surface area (Å²) in [5.41, 5.74) is 1.32. The molecule has 0 aromatic heterocycles. The second-order valence-electron chi connectivity index (χ2n) is 5.83. The Morgan fingerprint density at radius 3 is 2.15 bits per heavy atom. The van der Waals surface area contributed by atoms with Gasteiger partial charge in [0.15, 0.2) is 5.96 Å². The summed E-state index contributed by atoms with van der Waals surface area (Å²) in [6.45, 7) is 0.903. The highest BCUT2D eigenvalue weighted by Gasteiger charge is 2.29. The van der Waals surface area contributed by atoms with E-state index >= 15 is 0 Å². The number of halogens is 4. The van der Waals surface area contributed by atoms with Gasteiger partial charge in [-0.2, -0.15) is 13.2 Å². The van der Waals surface area contributed by atoms with Gasteiger partial charge in [-0.15, -0.1) is 0 Å². The smallest absolute Gasteiger partial charge is 0.380 e. The highest BCUT2D eigenvalue weighted by molar-refractivity contribution is 5.79. The summed E-state index contributed by atoms with van der Waals surface area (Å²) in [7, 11) is 3.08. The number of ether oxygens (including phenoxy) is 1. The number of aliphatic imine (C=N–C) groups is 1. The molecule has 2 N–H and O–H groups in total. The van der Waals surface area contributed by atoms with Crippen molar-refractivity contribution in [2.45, 2.75) is 25.9 Å². The van der Waals surface area contributed by atoms with Crippen molar-refractivity contribution >= 4 is 5.96 Å². The van der Waals surface area contributed by atoms with Gasteiger partial charge in [0.25, 0.3) is 0 Å². The molecule has 0 aliphatic rings. The zero-order valence-corrected chi connectivity index (χ0v) is 15.0. The second-order valence-corrected chi connectivity index (χ2v) is 5.83. The van der Waals surface area contributed by atoms with Crippen LogP contribution in [0.3, 0.4) is 0 Å². The van der Waals surface area contributed by atoms with E-state index in [9.17, 15) is 17.6 Å². The SMILES string of the molecule is CN=C(NCc1ccc(C(F)(F)F)cc1)NCc1ccc(F)c(COC)c1. The number of methoxy groups -OCH3 is 1. The zero-order valence-electron chi connectivity index (χ0n) is 15.0. The van der Waals surface area contributed by atoms with Gasteiger partial charge in [-0.3, -0.25) is 4.99 Å². The molecule has 4 nitrogen and oxygen atoms in total. The number of nitrogens with one attached hydrogen (secondary N) is 2. The maximum atomic E-state index is 13.6. The molecule has 0 radical (unpaired) electrons. The lowest BCUT2D eigenvalue weighted by Gasteiger charge is -2.13. The van der Waals surface area contributed by atoms with Crippen LogP contribution in [0.25, 0.3) is 0 Å². The summed E-state index contributed by atoms with van der Waals surface area (Å²) in [6, 6.07) is 9.66. The number of hydrogen-bond donors (Lipinski definition) is 2. The summed E-state index contributed by atoms with van der Waals surface area (Å²) in [5, 5.41) is 6.10. The maximum Gasteiger partial charge on any atom is 0.416 e. The lowest BCUT2D eigenvalue weighted by atomic mass is 10.1. The third-order valence-electron chi connectivity index (χ3n) is 3.83. The van der Waals surface area contributed by atoms with Crippen molar-refractivity contribution < 1.29 is 22.3 Å². The van der Waals surface area contributed by atoms with Gasteiger partial charge in [0.2, 0.25) is 0 Å². The van der Waals surface area contributed by atoms with Crippen LogP contribution >= 0.6 is 0 Å². The highest BCUT2D eigenvalue weighted by Crippen LogP contribution is 2.29. The van der Waals surface area contributed by atoms with Crippen molar-refractivity contribution in [3.8, 4) is 0 Å². The molecule has 0 spiro atoms. The standard InChI is InChI=1S/C19H21F4N3O/c1-24-18(25-10-13-3-6-16(7-4-13)19(21,22)23)26-11-14-5-8-17(20)15(9-14)12-27-2/h3-9H,10-12H2,1-2H3,(H2,24,25,26). The van der Waals surface area contributed by atoms with Crippen molar-refractivity contribution in [2.75, 3.05) is 14.2 Å². The van der Waals surface area contributed by atoms with Crippen LogP contribution in [-0.2, 0) is 30.6 Å². The van der Waals surface area contributed by atoms with Gasteiger partial charge in [0.1, 0.15) is 5.82 Å². The third kappa shape index (κ3) is 6.25. The largest absolute Gasteiger partial charge is 0.416 e. The first-order valence-electron chi connectivity index (χ1n) is 8.20. The fourth-order valence-electron chi connectivity index (χ4n) is 2.41. The Kier molecular flexibility index (Phi) is 7.18. The highest BCUT2D eigenvalue weighted by atomic mass is 19.4. The molecule has 0 fully saturated rings. The third-order valence-corrected chi connectivity index (χ3v) is 3.83. The molecule has 0 aliphatic carbocycles. The summed E-state index contributed by atoms with van der Waals surface area (Å²) in [6.07, 6.45) is -4.35. The molecule has 0 amide bonds. The molecule has 0 saturated carbocycles. The molecule has 2 aromatic carbocycles. The van der Waals surface area contributed by atoms with Crippen LogP contribution in [0.15, 0.2) is 47.5 Å². The molecule has 2 aromatic rings. The Balaban J connectivity index is 1.90. The minimum Gasteiger partial charge on any atom is -0.380 e. The van der Waals surface area contributed by atoms with Gasteiger partial charge < -0.3 is 15.4 Å². The maximum absolute atomic E-state index is 13.6. The Morgan fingerprint density at radius 1 is 1.00 bits per heavy atom. The quantitative estimate of drug-likeness (QED) is 0.452. The second kappa shape index (κ2) is 9.36. The zero-order chi connectivity index (χ0) is 19.9. The van der Waals surface area contributed by atoms with E-state index in [0.717, 1.165) is 17.7 Å². The van der Waals surface area contributed by atoms with Crippen LogP contribution < -0.4 is 10.6 Å². The van der Waals surface area contributed by atoms with E-state index in [1.807, 2.05) is 0 Å². The van der Waals surface area contributed by atoms with Crippen molar-refractivity contribution in [3.05, 3.63) is 70.5 Å². The Morgan fingerprint density at radius 2 is 1.59 bits per heavy atom. The Labute approximate surface area is 155 Å². The average Bonchev–Trinajstić information content (AvgIpc) is 2.64. The first kappa shape index (κ1) is 20.7. The fraction of sp³-hybridized carbons (Fsp3) is 0.316. The van der Waals surface area contributed by atoms with Crippen molar-refractivity contribution in [2.24, 2.45) is 4.99 Å². The molecular weight excluding hydrogens is 362 g/mol. The van der Waals surface area contributed by atoms with Crippen molar-refractivity contribution in [1.29, 1.82) is 0 Å². The van der Waals surface area contributed by atoms with Crippen LogP contribution in [0, 0.1) is 5.82 Å². The molecule has 27 heavy (non-hydrogen) atoms. The van der Waals surface area contributed by atoms with E-state index in [4.69, 9.17) is 4.74 Å². The summed E-state index contributed by atoms with van der Waals surface area (Å²) in [4.78, 5) is 4.07. The van der Waals surface area contributed by atoms with Crippen LogP contribution in [0.1, 0.15) is 22.3 Å². The fourth-order valence-corrected chi connectivity index (χ4v) is 2.41. The summed E-state index contributed by atoms with van der Waals surface area (Å²) < 4.78 is 56.3. The molecule has 8 heteroatoms. The first-order valence-corrected chi connectivity index (χ1v) is 8.20. The van der Waals surface area contributed by atoms with Crippen LogP contribution in [0.4, 0.5) is 17.6 Å². The summed E-state index contributed by atoms with van der Waals surface area (Å²) in [5.74, 6) is 0.151. The molecule has 0 saturated heterocycles. The van der Waals surface area contributed by atoms with Crippen LogP contribution in [0.2, 0.25) is 0 Å². The van der Waals surface area contributed by atoms with Crippen molar-refractivity contribution in [3.63, 3.8) is 0 Å². The van der Waals surface area contributed by atoms with E-state index in [0.29, 0.717) is 30.2 Å². The molecule has 146 valence electrons. The molecule has 2 rings (SSSR count). The summed E-state index contributed by atoms with van der Waals surface area (Å²) >= 11 is 0. The molecular formula is C19H21F4N3O. The van der Waals surface area contributed by atoms with Gasteiger partial charge >= 0.3 is 6.18 Å². The molecule has 0 aliphatic heterocycles. The monoisotopic (exact) mass is 383 g/mol. The topological polar surface area (TPSA) is 45.7 Å². The average molecular weight is 383 g/mol. The number of guanidine groups is 1. The molecule has 0 heterocycles. The van der Waals surface area contributed by atoms with Gasteiger partial charge in [-0.25, -0.2) is 4.39 Å². The van der Waals surface area contributed by atoms with E-state index in [1.165, 1.54) is 25.3 Å². The van der Waals surface area contributed by atoms with Crippen LogP contribution in [0.5, 0.6) is 0 Å². The minimum absolute atomic E-state index is 0.181. The van der Waals surface area contributed by atoms with Crippen molar-refractivity contribution in [1.82, 2.24) is 10.6 Å². The van der Waals surface area contributed by atoms with Gasteiger partial charge in [-0.05, 0) is 35.4 Å². The number of rotatable bonds is 6. The van der Waals surface area contributed by atoms with E-state index in [2.05, 4.69) is 15.6 Å².